The largest absolute Gasteiger partial charge is 0.372 e. The number of rotatable bonds is 4. The van der Waals surface area contributed by atoms with Crippen LogP contribution >= 0.6 is 0 Å². The smallest absolute Gasteiger partial charge is 0.154 e. The first-order chi connectivity index (χ1) is 13.5. The molecule has 1 aliphatic heterocycles. The first-order valence-corrected chi connectivity index (χ1v) is 9.75. The molecule has 1 saturated heterocycles. The third kappa shape index (κ3) is 4.04. The van der Waals surface area contributed by atoms with Crippen LogP contribution in [-0.4, -0.2) is 45.5 Å². The van der Waals surface area contributed by atoms with E-state index in [-0.39, 0.29) is 12.2 Å². The molecule has 7 heteroatoms. The number of aromatic nitrogens is 4. The summed E-state index contributed by atoms with van der Waals surface area (Å²) in [6, 6.07) is 7.99. The third-order valence-electron chi connectivity index (χ3n) is 4.91. The number of nitrogens with zero attached hydrogens (tertiary/aromatic N) is 5. The quantitative estimate of drug-likeness (QED) is 0.738. The van der Waals surface area contributed by atoms with E-state index in [1.165, 1.54) is 0 Å². The van der Waals surface area contributed by atoms with Gasteiger partial charge in [-0.1, -0.05) is 13.8 Å². The van der Waals surface area contributed by atoms with E-state index in [0.29, 0.717) is 11.7 Å². The van der Waals surface area contributed by atoms with Crippen molar-refractivity contribution in [2.75, 3.05) is 23.3 Å². The molecule has 2 atom stereocenters. The molecule has 146 valence electrons. The highest BCUT2D eigenvalue weighted by Gasteiger charge is 2.22. The van der Waals surface area contributed by atoms with Crippen LogP contribution in [0.25, 0.3) is 11.0 Å². The fourth-order valence-corrected chi connectivity index (χ4v) is 3.52. The van der Waals surface area contributed by atoms with Crippen molar-refractivity contribution >= 4 is 28.4 Å². The van der Waals surface area contributed by atoms with Crippen LogP contribution < -0.4 is 10.2 Å². The molecule has 0 amide bonds. The Kier molecular flexibility index (Phi) is 5.09. The zero-order valence-electron chi connectivity index (χ0n) is 16.8. The van der Waals surface area contributed by atoms with Crippen LogP contribution in [0, 0.1) is 0 Å². The summed E-state index contributed by atoms with van der Waals surface area (Å²) in [5, 5.41) is 11.5. The number of hydrogen-bond acceptors (Lipinski definition) is 7. The molecule has 7 nitrogen and oxygen atoms in total. The number of nitrogens with one attached hydrogen (secondary N) is 1. The molecule has 0 aromatic carbocycles. The summed E-state index contributed by atoms with van der Waals surface area (Å²) in [6.45, 7) is 10.2. The van der Waals surface area contributed by atoms with Crippen molar-refractivity contribution < 1.29 is 4.74 Å². The molecule has 1 aliphatic rings. The molecule has 0 aliphatic carbocycles. The summed E-state index contributed by atoms with van der Waals surface area (Å²) < 4.78 is 5.84. The van der Waals surface area contributed by atoms with Gasteiger partial charge in [0.2, 0.25) is 0 Å². The number of anilines is 3. The number of pyridine rings is 2. The van der Waals surface area contributed by atoms with Gasteiger partial charge in [-0.05, 0) is 49.6 Å². The van der Waals surface area contributed by atoms with E-state index in [0.717, 1.165) is 41.2 Å². The van der Waals surface area contributed by atoms with Crippen LogP contribution in [-0.2, 0) is 4.74 Å². The predicted molar refractivity (Wildman–Crippen MR) is 111 cm³/mol. The van der Waals surface area contributed by atoms with Crippen molar-refractivity contribution in [3.63, 3.8) is 0 Å². The molecule has 4 heterocycles. The van der Waals surface area contributed by atoms with Gasteiger partial charge in [-0.2, -0.15) is 5.10 Å². The normalized spacial score (nSPS) is 20.0. The van der Waals surface area contributed by atoms with Gasteiger partial charge in [0.05, 0.1) is 41.3 Å². The van der Waals surface area contributed by atoms with Gasteiger partial charge < -0.3 is 15.0 Å². The van der Waals surface area contributed by atoms with Crippen LogP contribution in [0.5, 0.6) is 0 Å². The highest BCUT2D eigenvalue weighted by Crippen LogP contribution is 2.24. The Bertz CT molecular complexity index is 966. The third-order valence-corrected chi connectivity index (χ3v) is 4.91. The molecule has 0 saturated carbocycles. The average Bonchev–Trinajstić information content (AvgIpc) is 2.67. The van der Waals surface area contributed by atoms with E-state index in [9.17, 15) is 0 Å². The van der Waals surface area contributed by atoms with Crippen LogP contribution in [0.15, 0.2) is 36.7 Å². The molecule has 28 heavy (non-hydrogen) atoms. The van der Waals surface area contributed by atoms with Crippen molar-refractivity contribution in [1.29, 1.82) is 0 Å². The Labute approximate surface area is 165 Å². The van der Waals surface area contributed by atoms with Gasteiger partial charge in [0.25, 0.3) is 0 Å². The van der Waals surface area contributed by atoms with Gasteiger partial charge in [0.15, 0.2) is 5.82 Å². The molecule has 0 unspecified atom stereocenters. The summed E-state index contributed by atoms with van der Waals surface area (Å²) in [6.07, 6.45) is 4.11. The fourth-order valence-electron chi connectivity index (χ4n) is 3.52. The monoisotopic (exact) mass is 378 g/mol. The molecule has 1 fully saturated rings. The number of fused-ring (bicyclic) bond motifs is 1. The van der Waals surface area contributed by atoms with E-state index in [1.807, 2.05) is 24.4 Å². The van der Waals surface area contributed by atoms with Crippen LogP contribution in [0.4, 0.5) is 17.3 Å². The van der Waals surface area contributed by atoms with E-state index < -0.39 is 0 Å². The molecule has 4 rings (SSSR count). The lowest BCUT2D eigenvalue weighted by Crippen LogP contribution is -2.45. The highest BCUT2D eigenvalue weighted by atomic mass is 16.5. The standard InChI is InChI=1S/C21H26N6O/c1-13(2)16-7-21(26-23-9-16)25-20-6-5-18-19(24-20)8-17(10-22-18)27-11-14(3)28-15(4)12-27/h5-10,13-15H,11-12H2,1-4H3,(H,24,25,26)/t14-,15+. The van der Waals surface area contributed by atoms with Gasteiger partial charge in [0, 0.05) is 13.1 Å². The van der Waals surface area contributed by atoms with E-state index in [4.69, 9.17) is 9.72 Å². The minimum absolute atomic E-state index is 0.201. The fraction of sp³-hybridized carbons (Fsp3) is 0.429. The molecule has 3 aromatic rings. The first-order valence-electron chi connectivity index (χ1n) is 9.75. The lowest BCUT2D eigenvalue weighted by Gasteiger charge is -2.36. The lowest BCUT2D eigenvalue weighted by atomic mass is 10.1. The SMILES string of the molecule is CC(C)c1cnnc(Nc2ccc3ncc(N4C[C@@H](C)O[C@@H](C)C4)cc3n2)c1. The van der Waals surface area contributed by atoms with Gasteiger partial charge in [-0.25, -0.2) is 4.98 Å². The number of morpholine rings is 1. The van der Waals surface area contributed by atoms with Crippen LogP contribution in [0.1, 0.15) is 39.2 Å². The van der Waals surface area contributed by atoms with Gasteiger partial charge in [-0.15, -0.1) is 5.10 Å². The second-order valence-corrected chi connectivity index (χ2v) is 7.74. The zero-order chi connectivity index (χ0) is 19.7. The van der Waals surface area contributed by atoms with Crippen molar-refractivity contribution in [3.8, 4) is 0 Å². The van der Waals surface area contributed by atoms with E-state index >= 15 is 0 Å². The average molecular weight is 378 g/mol. The maximum atomic E-state index is 5.84. The van der Waals surface area contributed by atoms with Crippen molar-refractivity contribution in [2.45, 2.75) is 45.8 Å². The molecule has 0 radical (unpaired) electrons. The highest BCUT2D eigenvalue weighted by molar-refractivity contribution is 5.80. The number of hydrogen-bond donors (Lipinski definition) is 1. The molecule has 0 bridgehead atoms. The Morgan fingerprint density at radius 2 is 1.82 bits per heavy atom. The molecular weight excluding hydrogens is 352 g/mol. The van der Waals surface area contributed by atoms with Crippen molar-refractivity contribution in [1.82, 2.24) is 20.2 Å². The van der Waals surface area contributed by atoms with Gasteiger partial charge in [0.1, 0.15) is 5.82 Å². The molecule has 3 aromatic heterocycles. The first kappa shape index (κ1) is 18.6. The second kappa shape index (κ2) is 7.67. The number of ether oxygens (including phenoxy) is 1. The topological polar surface area (TPSA) is 76.1 Å². The van der Waals surface area contributed by atoms with Crippen molar-refractivity contribution in [3.05, 3.63) is 42.2 Å². The Morgan fingerprint density at radius 1 is 1.04 bits per heavy atom. The Balaban J connectivity index is 1.60. The van der Waals surface area contributed by atoms with E-state index in [1.54, 1.807) is 6.20 Å². The molecule has 0 spiro atoms. The predicted octanol–water partition coefficient (Wildman–Crippen LogP) is 3.90. The summed E-state index contributed by atoms with van der Waals surface area (Å²) in [4.78, 5) is 11.6. The Morgan fingerprint density at radius 3 is 2.57 bits per heavy atom. The van der Waals surface area contributed by atoms with E-state index in [2.05, 4.69) is 59.2 Å². The van der Waals surface area contributed by atoms with Crippen LogP contribution in [0.3, 0.4) is 0 Å². The summed E-state index contributed by atoms with van der Waals surface area (Å²) >= 11 is 0. The Hall–Kier alpha value is -2.80. The minimum atomic E-state index is 0.201. The maximum Gasteiger partial charge on any atom is 0.154 e. The summed E-state index contributed by atoms with van der Waals surface area (Å²) in [7, 11) is 0. The summed E-state index contributed by atoms with van der Waals surface area (Å²) in [5.41, 5.74) is 3.92. The second-order valence-electron chi connectivity index (χ2n) is 7.74. The minimum Gasteiger partial charge on any atom is -0.372 e. The molecule has 1 N–H and O–H groups in total. The summed E-state index contributed by atoms with van der Waals surface area (Å²) in [5.74, 6) is 1.81. The zero-order valence-corrected chi connectivity index (χ0v) is 16.8. The van der Waals surface area contributed by atoms with Gasteiger partial charge >= 0.3 is 0 Å². The maximum absolute atomic E-state index is 5.84. The van der Waals surface area contributed by atoms with Crippen LogP contribution in [0.2, 0.25) is 0 Å². The lowest BCUT2D eigenvalue weighted by molar-refractivity contribution is -0.00522. The van der Waals surface area contributed by atoms with Gasteiger partial charge in [-0.3, -0.25) is 4.98 Å². The molecular formula is C21H26N6O. The van der Waals surface area contributed by atoms with Crippen molar-refractivity contribution in [2.24, 2.45) is 0 Å².